The van der Waals surface area contributed by atoms with Crippen LogP contribution in [0.4, 0.5) is 4.39 Å². The van der Waals surface area contributed by atoms with Crippen molar-refractivity contribution in [3.63, 3.8) is 0 Å². The largest absolute Gasteiger partial charge is 0.488 e. The van der Waals surface area contributed by atoms with Crippen LogP contribution in [0.15, 0.2) is 40.9 Å². The lowest BCUT2D eigenvalue weighted by atomic mass is 10.1. The molecule has 0 aromatic heterocycles. The van der Waals surface area contributed by atoms with Crippen molar-refractivity contribution >= 4 is 21.9 Å². The molecule has 0 bridgehead atoms. The third-order valence-corrected chi connectivity index (χ3v) is 3.38. The van der Waals surface area contributed by atoms with E-state index in [1.54, 1.807) is 12.1 Å². The topological polar surface area (TPSA) is 70.3 Å². The van der Waals surface area contributed by atoms with E-state index in [4.69, 9.17) is 15.1 Å². The summed E-state index contributed by atoms with van der Waals surface area (Å²) < 4.78 is 19.8. The van der Waals surface area contributed by atoms with Gasteiger partial charge in [0, 0.05) is 5.56 Å². The average Bonchev–Trinajstić information content (AvgIpc) is 2.47. The van der Waals surface area contributed by atoms with E-state index in [0.717, 1.165) is 0 Å². The molecule has 106 valence electrons. The Bertz CT molecular complexity index is 740. The normalized spacial score (nSPS) is 9.95. The first-order valence-corrected chi connectivity index (χ1v) is 6.65. The number of carboxylic acid groups (broad SMARTS) is 1. The van der Waals surface area contributed by atoms with Gasteiger partial charge in [0.05, 0.1) is 15.6 Å². The molecule has 0 fully saturated rings. The van der Waals surface area contributed by atoms with Crippen LogP contribution in [0.1, 0.15) is 21.5 Å². The van der Waals surface area contributed by atoms with Gasteiger partial charge in [-0.1, -0.05) is 12.1 Å². The number of hydrogen-bond acceptors (Lipinski definition) is 3. The van der Waals surface area contributed by atoms with Crippen molar-refractivity contribution in [3.8, 4) is 11.8 Å². The van der Waals surface area contributed by atoms with Crippen molar-refractivity contribution in [2.24, 2.45) is 0 Å². The molecule has 0 atom stereocenters. The van der Waals surface area contributed by atoms with Gasteiger partial charge in [0.25, 0.3) is 0 Å². The van der Waals surface area contributed by atoms with Gasteiger partial charge < -0.3 is 9.84 Å². The molecule has 0 saturated heterocycles. The first kappa shape index (κ1) is 15.0. The van der Waals surface area contributed by atoms with Gasteiger partial charge in [-0.2, -0.15) is 5.26 Å². The molecule has 1 N–H and O–H groups in total. The van der Waals surface area contributed by atoms with E-state index in [1.807, 2.05) is 0 Å². The summed E-state index contributed by atoms with van der Waals surface area (Å²) >= 11 is 3.20. The van der Waals surface area contributed by atoms with E-state index in [1.165, 1.54) is 30.3 Å². The maximum Gasteiger partial charge on any atom is 0.335 e. The van der Waals surface area contributed by atoms with Gasteiger partial charge in [-0.05, 0) is 40.2 Å². The van der Waals surface area contributed by atoms with Crippen molar-refractivity contribution in [1.29, 1.82) is 5.26 Å². The lowest BCUT2D eigenvalue weighted by Gasteiger charge is -2.10. The Labute approximate surface area is 128 Å². The molecule has 21 heavy (non-hydrogen) atoms. The summed E-state index contributed by atoms with van der Waals surface area (Å²) in [5, 5.41) is 17.6. The van der Waals surface area contributed by atoms with Crippen LogP contribution in [0.2, 0.25) is 0 Å². The smallest absolute Gasteiger partial charge is 0.335 e. The number of aromatic carboxylic acids is 1. The van der Waals surface area contributed by atoms with Gasteiger partial charge in [-0.3, -0.25) is 0 Å². The highest BCUT2D eigenvalue weighted by Crippen LogP contribution is 2.27. The number of halogens is 2. The number of carboxylic acids is 1. The van der Waals surface area contributed by atoms with E-state index in [2.05, 4.69) is 15.9 Å². The summed E-state index contributed by atoms with van der Waals surface area (Å²) in [6, 6.07) is 10.5. The second kappa shape index (κ2) is 6.37. The lowest BCUT2D eigenvalue weighted by Crippen LogP contribution is -2.02. The zero-order valence-corrected chi connectivity index (χ0v) is 12.2. The maximum absolute atomic E-state index is 13.9. The molecule has 0 radical (unpaired) electrons. The molecule has 6 heteroatoms. The third kappa shape index (κ3) is 3.38. The summed E-state index contributed by atoms with van der Waals surface area (Å²) in [4.78, 5) is 10.8. The van der Waals surface area contributed by atoms with Crippen LogP contribution in [0.3, 0.4) is 0 Å². The fourth-order valence-corrected chi connectivity index (χ4v) is 2.18. The van der Waals surface area contributed by atoms with E-state index >= 15 is 0 Å². The molecule has 0 unspecified atom stereocenters. The Kier molecular flexibility index (Phi) is 4.55. The van der Waals surface area contributed by atoms with E-state index in [-0.39, 0.29) is 23.3 Å². The quantitative estimate of drug-likeness (QED) is 0.912. The van der Waals surface area contributed by atoms with Crippen molar-refractivity contribution in [3.05, 3.63) is 63.4 Å². The molecule has 0 spiro atoms. The van der Waals surface area contributed by atoms with Gasteiger partial charge in [-0.15, -0.1) is 0 Å². The van der Waals surface area contributed by atoms with Gasteiger partial charge in [0.15, 0.2) is 0 Å². The van der Waals surface area contributed by atoms with E-state index in [0.29, 0.717) is 10.2 Å². The Hall–Kier alpha value is -2.39. The molecule has 2 rings (SSSR count). The SMILES string of the molecule is N#Cc1cccc(COc2ccc(C(=O)O)cc2Br)c1F. The van der Waals surface area contributed by atoms with Crippen LogP contribution < -0.4 is 4.74 Å². The first-order chi connectivity index (χ1) is 10.0. The Balaban J connectivity index is 2.18. The molecule has 2 aromatic carbocycles. The molecule has 0 aliphatic carbocycles. The van der Waals surface area contributed by atoms with Crippen LogP contribution >= 0.6 is 15.9 Å². The fourth-order valence-electron chi connectivity index (χ4n) is 1.68. The molecule has 0 saturated carbocycles. The minimum atomic E-state index is -1.05. The highest BCUT2D eigenvalue weighted by molar-refractivity contribution is 9.10. The summed E-state index contributed by atoms with van der Waals surface area (Å²) in [7, 11) is 0. The molecule has 0 heterocycles. The van der Waals surface area contributed by atoms with Crippen molar-refractivity contribution in [1.82, 2.24) is 0 Å². The highest BCUT2D eigenvalue weighted by atomic mass is 79.9. The number of hydrogen-bond donors (Lipinski definition) is 1. The molecule has 0 amide bonds. The lowest BCUT2D eigenvalue weighted by molar-refractivity contribution is 0.0696. The number of nitrogens with zero attached hydrogens (tertiary/aromatic N) is 1. The highest BCUT2D eigenvalue weighted by Gasteiger charge is 2.11. The Morgan fingerprint density at radius 3 is 2.76 bits per heavy atom. The molecule has 4 nitrogen and oxygen atoms in total. The fraction of sp³-hybridized carbons (Fsp3) is 0.0667. The Morgan fingerprint density at radius 1 is 1.38 bits per heavy atom. The monoisotopic (exact) mass is 349 g/mol. The van der Waals surface area contributed by atoms with Crippen LogP contribution in [-0.4, -0.2) is 11.1 Å². The molecule has 0 aliphatic heterocycles. The van der Waals surface area contributed by atoms with Gasteiger partial charge in [0.1, 0.15) is 24.2 Å². The van der Waals surface area contributed by atoms with Crippen LogP contribution in [0, 0.1) is 17.1 Å². The molecule has 0 aliphatic rings. The third-order valence-electron chi connectivity index (χ3n) is 2.76. The average molecular weight is 350 g/mol. The first-order valence-electron chi connectivity index (χ1n) is 5.86. The van der Waals surface area contributed by atoms with Gasteiger partial charge >= 0.3 is 5.97 Å². The summed E-state index contributed by atoms with van der Waals surface area (Å²) in [5.74, 6) is -1.27. The van der Waals surface area contributed by atoms with Crippen molar-refractivity contribution < 1.29 is 19.0 Å². The van der Waals surface area contributed by atoms with E-state index in [9.17, 15) is 9.18 Å². The molecular weight excluding hydrogens is 341 g/mol. The summed E-state index contributed by atoms with van der Waals surface area (Å²) in [6.07, 6.45) is 0. The molecule has 2 aromatic rings. The number of nitriles is 1. The maximum atomic E-state index is 13.9. The number of ether oxygens (including phenoxy) is 1. The van der Waals surface area contributed by atoms with Crippen LogP contribution in [0.25, 0.3) is 0 Å². The van der Waals surface area contributed by atoms with Crippen molar-refractivity contribution in [2.75, 3.05) is 0 Å². The number of benzene rings is 2. The minimum Gasteiger partial charge on any atom is -0.488 e. The predicted molar refractivity (Wildman–Crippen MR) is 76.5 cm³/mol. The van der Waals surface area contributed by atoms with E-state index < -0.39 is 11.8 Å². The van der Waals surface area contributed by atoms with Crippen LogP contribution in [0.5, 0.6) is 5.75 Å². The second-order valence-electron chi connectivity index (χ2n) is 4.13. The standard InChI is InChI=1S/C15H9BrFNO3/c16-12-6-9(15(19)20)4-5-13(12)21-8-11-3-1-2-10(7-18)14(11)17/h1-6H,8H2,(H,19,20). The zero-order valence-electron chi connectivity index (χ0n) is 10.6. The van der Waals surface area contributed by atoms with Gasteiger partial charge in [0.2, 0.25) is 0 Å². The van der Waals surface area contributed by atoms with Crippen LogP contribution in [-0.2, 0) is 6.61 Å². The predicted octanol–water partition coefficient (Wildman–Crippen LogP) is 3.74. The second-order valence-corrected chi connectivity index (χ2v) is 4.98. The number of carbonyl (C=O) groups is 1. The summed E-state index contributed by atoms with van der Waals surface area (Å²) in [6.45, 7) is -0.0631. The number of rotatable bonds is 4. The zero-order chi connectivity index (χ0) is 15.4. The van der Waals surface area contributed by atoms with Gasteiger partial charge in [-0.25, -0.2) is 9.18 Å². The minimum absolute atomic E-state index is 0.0450. The molecular formula is C15H9BrFNO3. The van der Waals surface area contributed by atoms with Crippen molar-refractivity contribution in [2.45, 2.75) is 6.61 Å². The summed E-state index contributed by atoms with van der Waals surface area (Å²) in [5.41, 5.74) is 0.325. The Morgan fingerprint density at radius 2 is 2.14 bits per heavy atom.